The number of hydrogen-bond donors (Lipinski definition) is 1. The molecule has 0 amide bonds. The van der Waals surface area contributed by atoms with Crippen molar-refractivity contribution in [2.45, 2.75) is 33.1 Å². The maximum Gasteiger partial charge on any atom is 0.211 e. The first-order valence-corrected chi connectivity index (χ1v) is 9.47. The molecule has 156 valence electrons. The molecule has 0 atom stereocenters. The van der Waals surface area contributed by atoms with Gasteiger partial charge in [-0.25, -0.2) is 12.7 Å². The van der Waals surface area contributed by atoms with E-state index in [4.69, 9.17) is 27.4 Å². The van der Waals surface area contributed by atoms with Crippen LogP contribution in [-0.4, -0.2) is 38.6 Å². The van der Waals surface area contributed by atoms with E-state index >= 15 is 0 Å². The van der Waals surface area contributed by atoms with Crippen molar-refractivity contribution in [3.05, 3.63) is 29.8 Å². The second-order valence-corrected chi connectivity index (χ2v) is 7.09. The predicted molar refractivity (Wildman–Crippen MR) is 92.3 cm³/mol. The van der Waals surface area contributed by atoms with Crippen molar-refractivity contribution in [2.24, 2.45) is 0 Å². The smallest absolute Gasteiger partial charge is 0.211 e. The van der Waals surface area contributed by atoms with Crippen LogP contribution in [0, 0.1) is 6.92 Å². The summed E-state index contributed by atoms with van der Waals surface area (Å²) in [5.74, 6) is 0. The van der Waals surface area contributed by atoms with Gasteiger partial charge in [-0.1, -0.05) is 25.1 Å². The third-order valence-electron chi connectivity index (χ3n) is 3.24. The standard InChI is InChI=1S/C15H26N2O2S.3F2/c1-4-12-17(20(3,18)19)13-8-7-11-16-15-10-6-5-9-14(15)2;3*1-2/h5-6,9-10,16H,4,7-8,11-13H2,1-3H3;;;. The summed E-state index contributed by atoms with van der Waals surface area (Å²) in [5, 5.41) is 3.39. The Bertz CT molecular complexity index is 521. The highest BCUT2D eigenvalue weighted by Crippen LogP contribution is 2.13. The molecule has 1 N–H and O–H groups in total. The van der Waals surface area contributed by atoms with E-state index in [-0.39, 0.29) is 0 Å². The lowest BCUT2D eigenvalue weighted by Crippen LogP contribution is -2.31. The Morgan fingerprint density at radius 1 is 0.962 bits per heavy atom. The molecule has 0 heterocycles. The lowest BCUT2D eigenvalue weighted by atomic mass is 10.2. The first kappa shape index (κ1) is 29.3. The minimum absolute atomic E-state index is 0.613. The van der Waals surface area contributed by atoms with Crippen molar-refractivity contribution in [2.75, 3.05) is 31.2 Å². The van der Waals surface area contributed by atoms with Gasteiger partial charge in [0.25, 0.3) is 0 Å². The van der Waals surface area contributed by atoms with Gasteiger partial charge in [0.1, 0.15) is 0 Å². The van der Waals surface area contributed by atoms with Crippen LogP contribution in [0.1, 0.15) is 31.7 Å². The summed E-state index contributed by atoms with van der Waals surface area (Å²) < 4.78 is 72.7. The van der Waals surface area contributed by atoms with Crippen LogP contribution in [0.4, 0.5) is 33.1 Å². The molecule has 0 spiro atoms. The van der Waals surface area contributed by atoms with E-state index in [1.165, 1.54) is 11.8 Å². The fraction of sp³-hybridized carbons (Fsp3) is 0.600. The molecule has 1 rings (SSSR count). The van der Waals surface area contributed by atoms with Crippen LogP contribution in [0.2, 0.25) is 0 Å². The molecule has 0 aliphatic heterocycles. The van der Waals surface area contributed by atoms with Crippen molar-refractivity contribution in [1.29, 1.82) is 0 Å². The molecule has 0 radical (unpaired) electrons. The quantitative estimate of drug-likeness (QED) is 0.438. The number of aryl methyl sites for hydroxylation is 1. The first-order chi connectivity index (χ1) is 12.4. The summed E-state index contributed by atoms with van der Waals surface area (Å²) in [6, 6.07) is 8.18. The number of sulfonamides is 1. The van der Waals surface area contributed by atoms with Gasteiger partial charge in [-0.15, -0.1) is 0 Å². The molecular formula is C15H26F6N2O2S. The van der Waals surface area contributed by atoms with Crippen molar-refractivity contribution in [1.82, 2.24) is 4.31 Å². The second-order valence-electron chi connectivity index (χ2n) is 5.11. The Morgan fingerprint density at radius 2 is 1.50 bits per heavy atom. The van der Waals surface area contributed by atoms with Gasteiger partial charge in [0.15, 0.2) is 0 Å². The molecule has 0 saturated heterocycles. The maximum atomic E-state index is 11.6. The van der Waals surface area contributed by atoms with Gasteiger partial charge in [-0.3, -0.25) is 0 Å². The van der Waals surface area contributed by atoms with Crippen molar-refractivity contribution in [3.63, 3.8) is 0 Å². The van der Waals surface area contributed by atoms with E-state index in [9.17, 15) is 8.42 Å². The number of para-hydroxylation sites is 1. The van der Waals surface area contributed by atoms with Gasteiger partial charge in [-0.05, 0) is 37.8 Å². The molecule has 0 unspecified atom stereocenters. The Morgan fingerprint density at radius 3 is 1.96 bits per heavy atom. The largest absolute Gasteiger partial charge is 0.385 e. The average Bonchev–Trinajstić information content (AvgIpc) is 2.66. The molecule has 0 aromatic heterocycles. The van der Waals surface area contributed by atoms with Crippen molar-refractivity contribution < 1.29 is 35.9 Å². The van der Waals surface area contributed by atoms with Crippen LogP contribution in [0.3, 0.4) is 0 Å². The molecule has 0 bridgehead atoms. The third kappa shape index (κ3) is 14.8. The predicted octanol–water partition coefficient (Wildman–Crippen LogP) is 5.38. The summed E-state index contributed by atoms with van der Waals surface area (Å²) in [5.41, 5.74) is 2.39. The molecule has 11 heteroatoms. The van der Waals surface area contributed by atoms with Crippen LogP contribution >= 0.6 is 0 Å². The van der Waals surface area contributed by atoms with E-state index in [1.807, 2.05) is 19.1 Å². The molecule has 4 nitrogen and oxygen atoms in total. The van der Waals surface area contributed by atoms with Crippen molar-refractivity contribution >= 4 is 15.7 Å². The van der Waals surface area contributed by atoms with Gasteiger partial charge in [0, 0.05) is 52.8 Å². The summed E-state index contributed by atoms with van der Waals surface area (Å²) in [6.07, 6.45) is 3.98. The first-order valence-electron chi connectivity index (χ1n) is 7.62. The highest BCUT2D eigenvalue weighted by atomic mass is 32.2. The SMILES string of the molecule is CCCN(CCCCNc1ccccc1C)S(C)(=O)=O.FF.FF.FF. The second kappa shape index (κ2) is 19.8. The number of unbranched alkanes of at least 4 members (excludes halogenated alkanes) is 1. The highest BCUT2D eigenvalue weighted by Gasteiger charge is 2.14. The zero-order valence-corrected chi connectivity index (χ0v) is 15.8. The number of halogens is 6. The summed E-state index contributed by atoms with van der Waals surface area (Å²) in [4.78, 5) is 0. The lowest BCUT2D eigenvalue weighted by Gasteiger charge is -2.19. The zero-order chi connectivity index (χ0) is 21.0. The number of nitrogens with zero attached hydrogens (tertiary/aromatic N) is 1. The number of anilines is 1. The van der Waals surface area contributed by atoms with E-state index in [0.29, 0.717) is 13.1 Å². The molecule has 0 saturated carbocycles. The van der Waals surface area contributed by atoms with Gasteiger partial charge in [0.2, 0.25) is 10.0 Å². The van der Waals surface area contributed by atoms with Crippen LogP contribution in [-0.2, 0) is 10.0 Å². The highest BCUT2D eigenvalue weighted by molar-refractivity contribution is 7.88. The molecule has 1 aromatic rings. The van der Waals surface area contributed by atoms with E-state index in [2.05, 4.69) is 24.4 Å². The maximum absolute atomic E-state index is 11.6. The summed E-state index contributed by atoms with van der Waals surface area (Å²) in [6.45, 7) is 6.17. The lowest BCUT2D eigenvalue weighted by molar-refractivity contribution is 0.108. The molecule has 26 heavy (non-hydrogen) atoms. The molecule has 0 fully saturated rings. The molecule has 1 aromatic carbocycles. The van der Waals surface area contributed by atoms with Gasteiger partial charge >= 0.3 is 0 Å². The van der Waals surface area contributed by atoms with E-state index < -0.39 is 10.0 Å². The van der Waals surface area contributed by atoms with Gasteiger partial charge < -0.3 is 5.32 Å². The third-order valence-corrected chi connectivity index (χ3v) is 4.54. The Hall–Kier alpha value is -1.49. The Balaban J connectivity index is -0.000000795. The summed E-state index contributed by atoms with van der Waals surface area (Å²) >= 11 is 0. The normalized spacial score (nSPS) is 9.77. The molecular weight excluding hydrogens is 386 g/mol. The van der Waals surface area contributed by atoms with Gasteiger partial charge in [0.05, 0.1) is 6.26 Å². The monoisotopic (exact) mass is 412 g/mol. The van der Waals surface area contributed by atoms with Gasteiger partial charge in [-0.2, -0.15) is 0 Å². The van der Waals surface area contributed by atoms with E-state index in [0.717, 1.165) is 31.5 Å². The van der Waals surface area contributed by atoms with Crippen LogP contribution < -0.4 is 5.32 Å². The number of rotatable bonds is 9. The van der Waals surface area contributed by atoms with Crippen LogP contribution in [0.5, 0.6) is 0 Å². The van der Waals surface area contributed by atoms with Crippen LogP contribution in [0.15, 0.2) is 24.3 Å². The molecule has 0 aliphatic rings. The number of benzene rings is 1. The number of hydrogen-bond acceptors (Lipinski definition) is 3. The van der Waals surface area contributed by atoms with Crippen LogP contribution in [0.25, 0.3) is 0 Å². The fourth-order valence-electron chi connectivity index (χ4n) is 2.10. The summed E-state index contributed by atoms with van der Waals surface area (Å²) in [7, 11) is -3.06. The minimum Gasteiger partial charge on any atom is -0.385 e. The molecule has 0 aliphatic carbocycles. The fourth-order valence-corrected chi connectivity index (χ4v) is 3.08. The van der Waals surface area contributed by atoms with Crippen molar-refractivity contribution in [3.8, 4) is 0 Å². The average molecular weight is 412 g/mol. The minimum atomic E-state index is -3.06. The topological polar surface area (TPSA) is 49.4 Å². The van der Waals surface area contributed by atoms with E-state index in [1.54, 1.807) is 4.31 Å². The Labute approximate surface area is 150 Å². The zero-order valence-electron chi connectivity index (χ0n) is 15.0. The number of nitrogens with one attached hydrogen (secondary N) is 1. The Kier molecular flexibility index (Phi) is 22.3.